The normalized spacial score (nSPS) is 10.8. The van der Waals surface area contributed by atoms with Crippen LogP contribution in [0.4, 0.5) is 0 Å². The second-order valence-corrected chi connectivity index (χ2v) is 8.16. The molecule has 0 bridgehead atoms. The minimum atomic E-state index is -0.104. The molecular formula is C23H21ClN4O3S. The number of ether oxygens (including phenoxy) is 1. The largest absolute Gasteiger partial charge is 0.492 e. The molecule has 1 amide bonds. The first-order chi connectivity index (χ1) is 15.7. The lowest BCUT2D eigenvalue weighted by molar-refractivity contribution is -0.118. The molecule has 2 aromatic carbocycles. The predicted molar refractivity (Wildman–Crippen MR) is 124 cm³/mol. The van der Waals surface area contributed by atoms with Crippen LogP contribution in [0.2, 0.25) is 5.02 Å². The van der Waals surface area contributed by atoms with E-state index in [1.165, 1.54) is 11.8 Å². The molecule has 0 fully saturated rings. The highest BCUT2D eigenvalue weighted by Crippen LogP contribution is 2.26. The van der Waals surface area contributed by atoms with Gasteiger partial charge < -0.3 is 14.5 Å². The van der Waals surface area contributed by atoms with E-state index in [0.717, 1.165) is 17.1 Å². The molecule has 7 nitrogen and oxygen atoms in total. The average Bonchev–Trinajstić information content (AvgIpc) is 3.47. The molecule has 164 valence electrons. The number of benzene rings is 2. The topological polar surface area (TPSA) is 82.2 Å². The van der Waals surface area contributed by atoms with E-state index in [1.807, 2.05) is 59.2 Å². The number of thioether (sulfide) groups is 1. The third-order valence-corrected chi connectivity index (χ3v) is 5.70. The number of para-hydroxylation sites is 1. The van der Waals surface area contributed by atoms with Crippen LogP contribution >= 0.6 is 23.4 Å². The van der Waals surface area contributed by atoms with E-state index >= 15 is 0 Å². The van der Waals surface area contributed by atoms with Crippen LogP contribution in [-0.4, -0.2) is 39.6 Å². The Labute approximate surface area is 194 Å². The molecule has 0 aliphatic carbocycles. The molecule has 0 aliphatic heterocycles. The van der Waals surface area contributed by atoms with E-state index in [0.29, 0.717) is 35.7 Å². The molecule has 9 heteroatoms. The lowest BCUT2D eigenvalue weighted by Gasteiger charge is -2.10. The molecule has 0 saturated heterocycles. The molecule has 0 spiro atoms. The Hall–Kier alpha value is -3.23. The van der Waals surface area contributed by atoms with Crippen molar-refractivity contribution in [3.8, 4) is 17.1 Å². The van der Waals surface area contributed by atoms with Crippen molar-refractivity contribution in [1.29, 1.82) is 0 Å². The summed E-state index contributed by atoms with van der Waals surface area (Å²) >= 11 is 7.33. The van der Waals surface area contributed by atoms with Crippen molar-refractivity contribution in [3.63, 3.8) is 0 Å². The van der Waals surface area contributed by atoms with E-state index in [9.17, 15) is 4.79 Å². The Morgan fingerprint density at radius 2 is 1.88 bits per heavy atom. The second-order valence-electron chi connectivity index (χ2n) is 6.78. The summed E-state index contributed by atoms with van der Waals surface area (Å²) in [7, 11) is 0. The zero-order valence-electron chi connectivity index (χ0n) is 17.1. The predicted octanol–water partition coefficient (Wildman–Crippen LogP) is 4.53. The number of nitrogens with zero attached hydrogens (tertiary/aromatic N) is 3. The summed E-state index contributed by atoms with van der Waals surface area (Å²) in [6, 6.07) is 20.6. The van der Waals surface area contributed by atoms with Crippen LogP contribution in [0, 0.1) is 0 Å². The van der Waals surface area contributed by atoms with Gasteiger partial charge in [0.25, 0.3) is 0 Å². The number of aromatic nitrogens is 3. The van der Waals surface area contributed by atoms with Crippen LogP contribution in [0.3, 0.4) is 0 Å². The van der Waals surface area contributed by atoms with Gasteiger partial charge in [-0.15, -0.1) is 10.2 Å². The first-order valence-corrected chi connectivity index (χ1v) is 11.3. The maximum absolute atomic E-state index is 12.3. The van der Waals surface area contributed by atoms with Crippen LogP contribution in [0.15, 0.2) is 82.6 Å². The molecule has 32 heavy (non-hydrogen) atoms. The van der Waals surface area contributed by atoms with Gasteiger partial charge in [0.2, 0.25) is 5.91 Å². The van der Waals surface area contributed by atoms with Crippen LogP contribution in [0.1, 0.15) is 5.76 Å². The van der Waals surface area contributed by atoms with Gasteiger partial charge in [-0.2, -0.15) is 0 Å². The maximum atomic E-state index is 12.3. The van der Waals surface area contributed by atoms with Crippen molar-refractivity contribution in [1.82, 2.24) is 20.1 Å². The lowest BCUT2D eigenvalue weighted by Crippen LogP contribution is -2.29. The second kappa shape index (κ2) is 10.9. The number of hydrogen-bond donors (Lipinski definition) is 1. The Kier molecular flexibility index (Phi) is 7.47. The van der Waals surface area contributed by atoms with Gasteiger partial charge in [-0.25, -0.2) is 0 Å². The van der Waals surface area contributed by atoms with Crippen LogP contribution < -0.4 is 10.1 Å². The minimum absolute atomic E-state index is 0.104. The molecular weight excluding hydrogens is 448 g/mol. The van der Waals surface area contributed by atoms with E-state index in [-0.39, 0.29) is 11.7 Å². The summed E-state index contributed by atoms with van der Waals surface area (Å²) in [4.78, 5) is 12.3. The first kappa shape index (κ1) is 22.0. The summed E-state index contributed by atoms with van der Waals surface area (Å²) in [6.07, 6.45) is 1.62. The summed E-state index contributed by atoms with van der Waals surface area (Å²) in [5, 5.41) is 12.8. The average molecular weight is 469 g/mol. The van der Waals surface area contributed by atoms with Gasteiger partial charge in [-0.3, -0.25) is 9.36 Å². The Bertz CT molecular complexity index is 1130. The van der Waals surface area contributed by atoms with Crippen molar-refractivity contribution in [3.05, 3.63) is 83.8 Å². The fourth-order valence-corrected chi connectivity index (χ4v) is 3.86. The van der Waals surface area contributed by atoms with Gasteiger partial charge in [0, 0.05) is 10.6 Å². The van der Waals surface area contributed by atoms with Gasteiger partial charge in [-0.05, 0) is 48.5 Å². The summed E-state index contributed by atoms with van der Waals surface area (Å²) < 4.78 is 13.0. The number of furan rings is 1. The molecule has 1 N–H and O–H groups in total. The first-order valence-electron chi connectivity index (χ1n) is 9.98. The molecule has 0 aliphatic rings. The third-order valence-electron chi connectivity index (χ3n) is 4.48. The Morgan fingerprint density at radius 1 is 1.06 bits per heavy atom. The van der Waals surface area contributed by atoms with Crippen molar-refractivity contribution < 1.29 is 13.9 Å². The Morgan fingerprint density at radius 3 is 2.62 bits per heavy atom. The molecule has 0 radical (unpaired) electrons. The summed E-state index contributed by atoms with van der Waals surface area (Å²) in [5.74, 6) is 2.33. The van der Waals surface area contributed by atoms with Gasteiger partial charge in [0.1, 0.15) is 18.1 Å². The van der Waals surface area contributed by atoms with Crippen molar-refractivity contribution in [2.75, 3.05) is 18.9 Å². The zero-order chi connectivity index (χ0) is 22.2. The lowest BCUT2D eigenvalue weighted by atomic mass is 10.2. The number of halogens is 1. The van der Waals surface area contributed by atoms with E-state index in [2.05, 4.69) is 15.5 Å². The van der Waals surface area contributed by atoms with E-state index < -0.39 is 0 Å². The van der Waals surface area contributed by atoms with Gasteiger partial charge in [0.05, 0.1) is 25.1 Å². The summed E-state index contributed by atoms with van der Waals surface area (Å²) in [6.45, 7) is 1.27. The molecule has 0 unspecified atom stereocenters. The van der Waals surface area contributed by atoms with Crippen LogP contribution in [-0.2, 0) is 11.3 Å². The fraction of sp³-hybridized carbons (Fsp3) is 0.174. The van der Waals surface area contributed by atoms with Crippen LogP contribution in [0.5, 0.6) is 5.75 Å². The number of carbonyl (C=O) groups is 1. The molecule has 4 rings (SSSR count). The zero-order valence-corrected chi connectivity index (χ0v) is 18.7. The van der Waals surface area contributed by atoms with E-state index in [1.54, 1.807) is 18.4 Å². The van der Waals surface area contributed by atoms with E-state index in [4.69, 9.17) is 20.8 Å². The monoisotopic (exact) mass is 468 g/mol. The highest BCUT2D eigenvalue weighted by molar-refractivity contribution is 7.99. The number of hydrogen-bond acceptors (Lipinski definition) is 6. The quantitative estimate of drug-likeness (QED) is 0.272. The van der Waals surface area contributed by atoms with Gasteiger partial charge in [-0.1, -0.05) is 41.6 Å². The number of rotatable bonds is 10. The molecule has 0 saturated carbocycles. The van der Waals surface area contributed by atoms with Gasteiger partial charge >= 0.3 is 0 Å². The van der Waals surface area contributed by atoms with Crippen molar-refractivity contribution in [2.24, 2.45) is 0 Å². The number of nitrogens with one attached hydrogen (secondary N) is 1. The van der Waals surface area contributed by atoms with Gasteiger partial charge in [0.15, 0.2) is 11.0 Å². The highest BCUT2D eigenvalue weighted by Gasteiger charge is 2.17. The SMILES string of the molecule is O=C(CSc1nnc(-c2ccc(Cl)cc2)n1Cc1ccco1)NCCOc1ccccc1. The Balaban J connectivity index is 1.37. The number of carbonyl (C=O) groups excluding carboxylic acids is 1. The minimum Gasteiger partial charge on any atom is -0.492 e. The highest BCUT2D eigenvalue weighted by atomic mass is 35.5. The molecule has 0 atom stereocenters. The number of amides is 1. The maximum Gasteiger partial charge on any atom is 0.230 e. The molecule has 4 aromatic rings. The van der Waals surface area contributed by atoms with Crippen molar-refractivity contribution in [2.45, 2.75) is 11.7 Å². The molecule has 2 heterocycles. The standard InChI is InChI=1S/C23H21ClN4O3S/c24-18-10-8-17(9-11-18)22-26-27-23(28(22)15-20-7-4-13-30-20)32-16-21(29)25-12-14-31-19-5-2-1-3-6-19/h1-11,13H,12,14-16H2,(H,25,29). The van der Waals surface area contributed by atoms with Crippen molar-refractivity contribution >= 4 is 29.3 Å². The summed E-state index contributed by atoms with van der Waals surface area (Å²) in [5.41, 5.74) is 0.878. The smallest absolute Gasteiger partial charge is 0.230 e. The van der Waals surface area contributed by atoms with Crippen LogP contribution in [0.25, 0.3) is 11.4 Å². The molecule has 2 aromatic heterocycles. The third kappa shape index (κ3) is 5.93. The fourth-order valence-electron chi connectivity index (χ4n) is 2.97.